The molecule has 0 unspecified atom stereocenters. The molecule has 0 aromatic heterocycles. The highest BCUT2D eigenvalue weighted by Crippen LogP contribution is 2.06. The maximum atomic E-state index is 11.3. The van der Waals surface area contributed by atoms with Gasteiger partial charge in [-0.3, -0.25) is 39.6 Å². The highest BCUT2D eigenvalue weighted by atomic mass is 16.4. The lowest BCUT2D eigenvalue weighted by Gasteiger charge is -2.35. The fourth-order valence-corrected chi connectivity index (χ4v) is 2.43. The van der Waals surface area contributed by atoms with E-state index in [0.717, 1.165) is 0 Å². The van der Waals surface area contributed by atoms with Gasteiger partial charge in [0.05, 0.1) is 26.2 Å². The van der Waals surface area contributed by atoms with Crippen LogP contribution in [0, 0.1) is 0 Å². The van der Waals surface area contributed by atoms with Crippen molar-refractivity contribution in [2.45, 2.75) is 13.0 Å². The monoisotopic (exact) mass is 384 g/mol. The van der Waals surface area contributed by atoms with Crippen LogP contribution in [0.3, 0.4) is 0 Å². The summed E-state index contributed by atoms with van der Waals surface area (Å²) in [5.41, 5.74) is 0. The van der Waals surface area contributed by atoms with Gasteiger partial charge >= 0.3 is 11.9 Å². The zero-order valence-corrected chi connectivity index (χ0v) is 14.5. The third-order valence-electron chi connectivity index (χ3n) is 3.50. The van der Waals surface area contributed by atoms with Crippen LogP contribution in [0.2, 0.25) is 0 Å². The summed E-state index contributed by atoms with van der Waals surface area (Å²) in [6.45, 7) is 2.94. The SMILES string of the molecule is C[C@@H](CN1CC(=O)NC(=O)C1)N1CC(=O)NC(=O)C1.O=C(O)/C=C\C(=O)O. The number of rotatable bonds is 5. The minimum absolute atomic E-state index is 0.0892. The summed E-state index contributed by atoms with van der Waals surface area (Å²) in [4.78, 5) is 67.6. The average Bonchev–Trinajstić information content (AvgIpc) is 2.51. The van der Waals surface area contributed by atoms with Crippen LogP contribution in [-0.4, -0.2) is 94.3 Å². The largest absolute Gasteiger partial charge is 0.478 e. The lowest BCUT2D eigenvalue weighted by molar-refractivity contribution is -0.140. The Morgan fingerprint density at radius 1 is 0.889 bits per heavy atom. The first-order valence-electron chi connectivity index (χ1n) is 7.82. The number of hydrogen-bond acceptors (Lipinski definition) is 8. The number of nitrogens with zero attached hydrogens (tertiary/aromatic N) is 2. The van der Waals surface area contributed by atoms with Gasteiger partial charge in [0.15, 0.2) is 0 Å². The topological polar surface area (TPSA) is 173 Å². The van der Waals surface area contributed by atoms with Crippen molar-refractivity contribution in [3.05, 3.63) is 12.2 Å². The summed E-state index contributed by atoms with van der Waals surface area (Å²) >= 11 is 0. The summed E-state index contributed by atoms with van der Waals surface area (Å²) in [6, 6.07) is -0.0892. The molecule has 27 heavy (non-hydrogen) atoms. The lowest BCUT2D eigenvalue weighted by atomic mass is 10.2. The normalized spacial score (nSPS) is 19.7. The highest BCUT2D eigenvalue weighted by molar-refractivity contribution is 6.00. The Hall–Kier alpha value is -3.12. The second-order valence-electron chi connectivity index (χ2n) is 5.88. The molecular formula is C15H20N4O8. The molecule has 12 heteroatoms. The number of carboxylic acid groups (broad SMARTS) is 2. The quantitative estimate of drug-likeness (QED) is 0.282. The number of aliphatic carboxylic acids is 2. The predicted molar refractivity (Wildman–Crippen MR) is 88.2 cm³/mol. The fraction of sp³-hybridized carbons (Fsp3) is 0.467. The number of carboxylic acids is 2. The van der Waals surface area contributed by atoms with Gasteiger partial charge in [0.1, 0.15) is 0 Å². The second-order valence-corrected chi connectivity index (χ2v) is 5.88. The Morgan fingerprint density at radius 2 is 1.26 bits per heavy atom. The molecule has 0 aromatic carbocycles. The summed E-state index contributed by atoms with van der Waals surface area (Å²) < 4.78 is 0. The van der Waals surface area contributed by atoms with Crippen LogP contribution in [0.25, 0.3) is 0 Å². The number of imide groups is 2. The maximum Gasteiger partial charge on any atom is 0.328 e. The molecule has 4 N–H and O–H groups in total. The van der Waals surface area contributed by atoms with E-state index in [4.69, 9.17) is 10.2 Å². The average molecular weight is 384 g/mol. The van der Waals surface area contributed by atoms with E-state index in [-0.39, 0.29) is 55.8 Å². The summed E-state index contributed by atoms with van der Waals surface area (Å²) in [6.07, 6.45) is 1.12. The van der Waals surface area contributed by atoms with Crippen molar-refractivity contribution in [2.75, 3.05) is 32.7 Å². The molecule has 2 fully saturated rings. The van der Waals surface area contributed by atoms with Crippen molar-refractivity contribution in [1.29, 1.82) is 0 Å². The van der Waals surface area contributed by atoms with Crippen LogP contribution in [0.5, 0.6) is 0 Å². The molecule has 0 bridgehead atoms. The molecule has 0 saturated carbocycles. The summed E-state index contributed by atoms with van der Waals surface area (Å²) in [5.74, 6) is -3.81. The number of carbonyl (C=O) groups excluding carboxylic acids is 4. The Balaban J connectivity index is 0.000000387. The zero-order valence-electron chi connectivity index (χ0n) is 14.5. The number of hydrogen-bond donors (Lipinski definition) is 4. The van der Waals surface area contributed by atoms with Gasteiger partial charge in [0, 0.05) is 24.7 Å². The van der Waals surface area contributed by atoms with Crippen molar-refractivity contribution in [2.24, 2.45) is 0 Å². The second kappa shape index (κ2) is 10.1. The van der Waals surface area contributed by atoms with Crippen molar-refractivity contribution in [3.63, 3.8) is 0 Å². The molecule has 2 aliphatic heterocycles. The van der Waals surface area contributed by atoms with E-state index in [1.165, 1.54) is 0 Å². The Morgan fingerprint density at radius 3 is 1.63 bits per heavy atom. The molecule has 4 amide bonds. The van der Waals surface area contributed by atoms with Crippen molar-refractivity contribution in [1.82, 2.24) is 20.4 Å². The number of piperazine rings is 2. The molecule has 1 atom stereocenters. The van der Waals surface area contributed by atoms with E-state index in [9.17, 15) is 28.8 Å². The third-order valence-corrected chi connectivity index (χ3v) is 3.50. The standard InChI is InChI=1S/C11H16N4O4.C4H4O4/c1-7(15-5-10(18)13-11(19)6-15)2-14-3-8(16)12-9(17)4-14;5-3(6)1-2-4(7)8/h7H,2-6H2,1H3,(H,12,16,17)(H,13,18,19);1-2H,(H,5,6)(H,7,8)/b;2-1-/t7-;/m0./s1. The molecule has 0 radical (unpaired) electrons. The van der Waals surface area contributed by atoms with Crippen molar-refractivity contribution < 1.29 is 39.0 Å². The number of nitrogens with one attached hydrogen (secondary N) is 2. The molecule has 2 saturated heterocycles. The Kier molecular flexibility index (Phi) is 8.23. The smallest absolute Gasteiger partial charge is 0.328 e. The summed E-state index contributed by atoms with van der Waals surface area (Å²) in [7, 11) is 0. The van der Waals surface area contributed by atoms with Crippen LogP contribution in [0.4, 0.5) is 0 Å². The van der Waals surface area contributed by atoms with E-state index in [0.29, 0.717) is 18.7 Å². The Labute approximate surface area is 153 Å². The van der Waals surface area contributed by atoms with Gasteiger partial charge in [-0.2, -0.15) is 0 Å². The molecule has 0 aromatic rings. The molecule has 2 aliphatic rings. The number of carbonyl (C=O) groups is 6. The minimum atomic E-state index is -1.26. The van der Waals surface area contributed by atoms with Crippen LogP contribution in [0.1, 0.15) is 6.92 Å². The molecule has 148 valence electrons. The highest BCUT2D eigenvalue weighted by Gasteiger charge is 2.29. The maximum absolute atomic E-state index is 11.3. The van der Waals surface area contributed by atoms with Crippen LogP contribution < -0.4 is 10.6 Å². The van der Waals surface area contributed by atoms with E-state index in [1.807, 2.05) is 6.92 Å². The van der Waals surface area contributed by atoms with Crippen LogP contribution in [-0.2, 0) is 28.8 Å². The van der Waals surface area contributed by atoms with Gasteiger partial charge < -0.3 is 10.2 Å². The molecular weight excluding hydrogens is 364 g/mol. The zero-order chi connectivity index (χ0) is 20.6. The van der Waals surface area contributed by atoms with E-state index in [2.05, 4.69) is 10.6 Å². The first kappa shape index (κ1) is 21.9. The van der Waals surface area contributed by atoms with Crippen molar-refractivity contribution >= 4 is 35.6 Å². The van der Waals surface area contributed by atoms with Gasteiger partial charge in [-0.15, -0.1) is 0 Å². The number of amides is 4. The van der Waals surface area contributed by atoms with Crippen LogP contribution in [0.15, 0.2) is 12.2 Å². The minimum Gasteiger partial charge on any atom is -0.478 e. The predicted octanol–water partition coefficient (Wildman–Crippen LogP) is -3.00. The lowest BCUT2D eigenvalue weighted by Crippen LogP contribution is -2.58. The molecule has 2 rings (SSSR count). The molecule has 2 heterocycles. The van der Waals surface area contributed by atoms with Gasteiger partial charge in [0.25, 0.3) is 0 Å². The van der Waals surface area contributed by atoms with Gasteiger partial charge in [-0.05, 0) is 6.92 Å². The molecule has 0 spiro atoms. The first-order valence-corrected chi connectivity index (χ1v) is 7.82. The van der Waals surface area contributed by atoms with Crippen molar-refractivity contribution in [3.8, 4) is 0 Å². The van der Waals surface area contributed by atoms with Crippen LogP contribution >= 0.6 is 0 Å². The van der Waals surface area contributed by atoms with Gasteiger partial charge in [-0.25, -0.2) is 9.59 Å². The van der Waals surface area contributed by atoms with E-state index < -0.39 is 11.9 Å². The molecule has 12 nitrogen and oxygen atoms in total. The van der Waals surface area contributed by atoms with E-state index >= 15 is 0 Å². The first-order chi connectivity index (χ1) is 12.6. The van der Waals surface area contributed by atoms with Gasteiger partial charge in [0.2, 0.25) is 23.6 Å². The van der Waals surface area contributed by atoms with Gasteiger partial charge in [-0.1, -0.05) is 0 Å². The Bertz CT molecular complexity index is 627. The molecule has 0 aliphatic carbocycles. The third kappa shape index (κ3) is 8.69. The summed E-state index contributed by atoms with van der Waals surface area (Å²) in [5, 5.41) is 20.1. The van der Waals surface area contributed by atoms with E-state index in [1.54, 1.807) is 9.80 Å². The fourth-order valence-electron chi connectivity index (χ4n) is 2.43.